The number of hydrogen-bond acceptors (Lipinski definition) is 0. The van der Waals surface area contributed by atoms with E-state index in [9.17, 15) is 5.53 Å². The Labute approximate surface area is 344 Å². The monoisotopic (exact) mass is 817 g/mol. The number of allylic oxidation sites excluding steroid dienone is 2. The Bertz CT molecular complexity index is 1280. The molecule has 0 amide bonds. The van der Waals surface area contributed by atoms with E-state index in [2.05, 4.69) is 105 Å². The van der Waals surface area contributed by atoms with Gasteiger partial charge in [-0.25, -0.2) is 4.70 Å². The van der Waals surface area contributed by atoms with Gasteiger partial charge in [0.2, 0.25) is 11.4 Å². The van der Waals surface area contributed by atoms with E-state index in [1.165, 1.54) is 155 Å². The molecule has 0 fully saturated rings. The molecule has 302 valence electrons. The Kier molecular flexibility index (Phi) is 32.4. The standard InChI is InChI=1S/C42H64N2.2C4H9.Pd/c1-6-11-16-17-18-21-26-38-33-41(39-29-34(22-14-9-4)27-36(30-39)24-19-12-7-2)44(43)42(38)40-31-35(23-15-10-5)28-37(32-40)25-20-13-8-3;2*1-3-4-2;/h27-33H,6-26H2,1-5H3;2*1,3-4H2,2H3;/q;2*-1;+2. The van der Waals surface area contributed by atoms with Crippen LogP contribution in [0.1, 0.15) is 217 Å². The fourth-order valence-corrected chi connectivity index (χ4v) is 6.66. The van der Waals surface area contributed by atoms with Crippen molar-refractivity contribution in [2.24, 2.45) is 0 Å². The normalized spacial score (nSPS) is 12.2. The Balaban J connectivity index is 0.00000272. The first kappa shape index (κ1) is 51.2. The van der Waals surface area contributed by atoms with Gasteiger partial charge in [-0.2, -0.15) is 12.8 Å². The molecule has 2 aromatic rings. The SMILES string of the molecule is CCCCCCCCC1=C(c2cc(CCCC)cc(CCCCC)c2)[N+](=[N-])C(c2cc(CCCC)cc(CCCCC)c2)=C1.[CH2-]CCC.[CH2-]CCC.[Pd+2]. The summed E-state index contributed by atoms with van der Waals surface area (Å²) < 4.78 is 1.57. The van der Waals surface area contributed by atoms with Crippen LogP contribution in [0.15, 0.2) is 48.0 Å². The molecule has 0 radical (unpaired) electrons. The van der Waals surface area contributed by atoms with Crippen molar-refractivity contribution in [2.45, 2.75) is 209 Å². The molecule has 1 aliphatic heterocycles. The van der Waals surface area contributed by atoms with Crippen LogP contribution in [0.5, 0.6) is 0 Å². The molecular weight excluding hydrogens is 735 g/mol. The van der Waals surface area contributed by atoms with Crippen molar-refractivity contribution in [3.05, 3.63) is 101 Å². The van der Waals surface area contributed by atoms with Crippen molar-refractivity contribution < 1.29 is 25.1 Å². The second-order valence-corrected chi connectivity index (χ2v) is 15.1. The van der Waals surface area contributed by atoms with Crippen molar-refractivity contribution in [2.75, 3.05) is 0 Å². The Morgan fingerprint density at radius 1 is 0.434 bits per heavy atom. The molecule has 0 bridgehead atoms. The van der Waals surface area contributed by atoms with Gasteiger partial charge in [-0.1, -0.05) is 144 Å². The van der Waals surface area contributed by atoms with E-state index in [4.69, 9.17) is 0 Å². The van der Waals surface area contributed by atoms with Crippen LogP contribution >= 0.6 is 0 Å². The predicted octanol–water partition coefficient (Wildman–Crippen LogP) is 16.6. The third-order valence-electron chi connectivity index (χ3n) is 10.0. The van der Waals surface area contributed by atoms with Crippen molar-refractivity contribution in [1.29, 1.82) is 0 Å². The van der Waals surface area contributed by atoms with Gasteiger partial charge in [0.05, 0.1) is 0 Å². The van der Waals surface area contributed by atoms with Crippen molar-refractivity contribution >= 4 is 11.4 Å². The molecule has 2 aromatic carbocycles. The summed E-state index contributed by atoms with van der Waals surface area (Å²) in [6, 6.07) is 14.3. The van der Waals surface area contributed by atoms with Gasteiger partial charge in [-0.3, -0.25) is 0 Å². The molecule has 0 aliphatic carbocycles. The molecule has 0 aromatic heterocycles. The Hall–Kier alpha value is -1.82. The first-order chi connectivity index (χ1) is 25.4. The number of rotatable bonds is 25. The first-order valence-corrected chi connectivity index (χ1v) is 22.2. The molecule has 1 aliphatic rings. The average Bonchev–Trinajstić information content (AvgIpc) is 3.50. The molecule has 0 saturated heterocycles. The fourth-order valence-electron chi connectivity index (χ4n) is 6.66. The number of nitrogens with zero attached hydrogens (tertiary/aromatic N) is 2. The van der Waals surface area contributed by atoms with Gasteiger partial charge >= 0.3 is 20.4 Å². The third-order valence-corrected chi connectivity index (χ3v) is 10.0. The smallest absolute Gasteiger partial charge is 0.493 e. The molecule has 2 nitrogen and oxygen atoms in total. The topological polar surface area (TPSA) is 25.3 Å². The number of unbranched alkanes of at least 4 members (excludes halogenated alkanes) is 13. The summed E-state index contributed by atoms with van der Waals surface area (Å²) in [6.45, 7) is 22.8. The summed E-state index contributed by atoms with van der Waals surface area (Å²) in [4.78, 5) is 0. The van der Waals surface area contributed by atoms with E-state index in [1.54, 1.807) is 4.70 Å². The first-order valence-electron chi connectivity index (χ1n) is 22.2. The van der Waals surface area contributed by atoms with Gasteiger partial charge in [-0.05, 0) is 111 Å². The number of hydrogen-bond donors (Lipinski definition) is 0. The second-order valence-electron chi connectivity index (χ2n) is 15.1. The van der Waals surface area contributed by atoms with Crippen molar-refractivity contribution in [1.82, 2.24) is 0 Å². The Morgan fingerprint density at radius 3 is 1.19 bits per heavy atom. The summed E-state index contributed by atoms with van der Waals surface area (Å²) in [6.07, 6.45) is 32.4. The third kappa shape index (κ3) is 21.2. The summed E-state index contributed by atoms with van der Waals surface area (Å²) >= 11 is 0. The molecule has 3 rings (SSSR count). The molecule has 3 heteroatoms. The molecule has 0 unspecified atom stereocenters. The van der Waals surface area contributed by atoms with Gasteiger partial charge in [0.15, 0.2) is 0 Å². The van der Waals surface area contributed by atoms with E-state index in [0.717, 1.165) is 56.3 Å². The zero-order chi connectivity index (χ0) is 38.4. The summed E-state index contributed by atoms with van der Waals surface area (Å²) in [5.41, 5.74) is 23.4. The predicted molar refractivity (Wildman–Crippen MR) is 234 cm³/mol. The Morgan fingerprint density at radius 2 is 0.774 bits per heavy atom. The molecule has 0 atom stereocenters. The van der Waals surface area contributed by atoms with Crippen LogP contribution in [0.4, 0.5) is 0 Å². The zero-order valence-corrected chi connectivity index (χ0v) is 37.4. The van der Waals surface area contributed by atoms with Gasteiger partial charge in [-0.15, -0.1) is 0 Å². The molecule has 0 N–H and O–H groups in total. The fraction of sp³-hybridized carbons (Fsp3) is 0.640. The van der Waals surface area contributed by atoms with Crippen LogP contribution in [0.2, 0.25) is 0 Å². The van der Waals surface area contributed by atoms with Crippen LogP contribution in [0.25, 0.3) is 16.9 Å². The maximum atomic E-state index is 12.0. The van der Waals surface area contributed by atoms with E-state index >= 15 is 0 Å². The summed E-state index contributed by atoms with van der Waals surface area (Å²) in [7, 11) is 0. The molecule has 1 heterocycles. The second kappa shape index (κ2) is 33.5. The largest absolute Gasteiger partial charge is 2.00 e. The van der Waals surface area contributed by atoms with Crippen molar-refractivity contribution in [3.8, 4) is 0 Å². The van der Waals surface area contributed by atoms with Gasteiger partial charge < -0.3 is 19.4 Å². The van der Waals surface area contributed by atoms with Crippen LogP contribution < -0.4 is 0 Å². The number of benzene rings is 2. The van der Waals surface area contributed by atoms with E-state index in [0.29, 0.717) is 0 Å². The van der Waals surface area contributed by atoms with Crippen LogP contribution in [-0.4, -0.2) is 4.70 Å². The van der Waals surface area contributed by atoms with Gasteiger partial charge in [0.1, 0.15) is 0 Å². The van der Waals surface area contributed by atoms with Crippen LogP contribution in [0, 0.1) is 13.8 Å². The molecule has 0 saturated carbocycles. The van der Waals surface area contributed by atoms with E-state index in [1.807, 2.05) is 0 Å². The van der Waals surface area contributed by atoms with Crippen LogP contribution in [-0.2, 0) is 46.1 Å². The summed E-state index contributed by atoms with van der Waals surface area (Å²) in [5, 5.41) is 0. The molecular formula is C50H82N2Pd. The minimum atomic E-state index is 0. The zero-order valence-electron chi connectivity index (χ0n) is 35.8. The average molecular weight is 818 g/mol. The van der Waals surface area contributed by atoms with E-state index in [-0.39, 0.29) is 20.4 Å². The molecule has 53 heavy (non-hydrogen) atoms. The van der Waals surface area contributed by atoms with Crippen molar-refractivity contribution in [3.63, 3.8) is 0 Å². The minimum Gasteiger partial charge on any atom is -0.493 e. The van der Waals surface area contributed by atoms with Gasteiger partial charge in [0, 0.05) is 22.8 Å². The van der Waals surface area contributed by atoms with Crippen LogP contribution in [0.3, 0.4) is 0 Å². The van der Waals surface area contributed by atoms with E-state index < -0.39 is 0 Å². The molecule has 0 spiro atoms. The maximum Gasteiger partial charge on any atom is 2.00 e. The van der Waals surface area contributed by atoms with Gasteiger partial charge in [0.25, 0.3) is 0 Å². The quantitative estimate of drug-likeness (QED) is 0.0413. The number of aryl methyl sites for hydroxylation is 4. The summed E-state index contributed by atoms with van der Waals surface area (Å²) in [5.74, 6) is 0. The minimum absolute atomic E-state index is 0. The maximum absolute atomic E-state index is 12.0.